The first-order chi connectivity index (χ1) is 17.3. The number of allylic oxidation sites excluding steroid dienone is 1. The maximum atomic E-state index is 13.9. The molecule has 5 nitrogen and oxygen atoms in total. The SMILES string of the molecule is CCOc1ccc(-c2coc3c(C)c(OC)c(/C(C)=C/C(=O)NCc4c(F)cccc4F)cc23)cc1. The number of ether oxygens (including phenoxy) is 2. The van der Waals surface area contributed by atoms with Gasteiger partial charge in [-0.25, -0.2) is 8.78 Å². The van der Waals surface area contributed by atoms with Crippen LogP contribution in [0.25, 0.3) is 27.7 Å². The van der Waals surface area contributed by atoms with Crippen LogP contribution in [0.3, 0.4) is 0 Å². The van der Waals surface area contributed by atoms with Crippen LogP contribution < -0.4 is 14.8 Å². The average Bonchev–Trinajstić information content (AvgIpc) is 3.28. The molecule has 0 saturated heterocycles. The largest absolute Gasteiger partial charge is 0.496 e. The van der Waals surface area contributed by atoms with Gasteiger partial charge in [-0.15, -0.1) is 0 Å². The molecule has 1 heterocycles. The van der Waals surface area contributed by atoms with E-state index in [0.717, 1.165) is 40.0 Å². The summed E-state index contributed by atoms with van der Waals surface area (Å²) in [4.78, 5) is 12.6. The van der Waals surface area contributed by atoms with Crippen molar-refractivity contribution in [2.45, 2.75) is 27.3 Å². The number of amides is 1. The van der Waals surface area contributed by atoms with Crippen LogP contribution in [0.2, 0.25) is 0 Å². The van der Waals surface area contributed by atoms with Crippen LogP contribution in [-0.4, -0.2) is 19.6 Å². The van der Waals surface area contributed by atoms with Gasteiger partial charge in [0.2, 0.25) is 5.91 Å². The van der Waals surface area contributed by atoms with Crippen LogP contribution in [0.5, 0.6) is 11.5 Å². The molecule has 7 heteroatoms. The number of nitrogens with one attached hydrogen (secondary N) is 1. The fourth-order valence-electron chi connectivity index (χ4n) is 4.19. The molecule has 0 atom stereocenters. The summed E-state index contributed by atoms with van der Waals surface area (Å²) in [5.41, 5.74) is 4.48. The Kier molecular flexibility index (Phi) is 7.38. The second-order valence-corrected chi connectivity index (χ2v) is 8.31. The minimum absolute atomic E-state index is 0.190. The minimum atomic E-state index is -0.708. The number of rotatable bonds is 8. The maximum absolute atomic E-state index is 13.9. The van der Waals surface area contributed by atoms with Crippen LogP contribution in [0.15, 0.2) is 65.3 Å². The third-order valence-corrected chi connectivity index (χ3v) is 6.00. The normalized spacial score (nSPS) is 11.6. The molecule has 0 fully saturated rings. The number of aryl methyl sites for hydroxylation is 1. The van der Waals surface area contributed by atoms with Gasteiger partial charge in [-0.2, -0.15) is 0 Å². The zero-order valence-corrected chi connectivity index (χ0v) is 20.6. The predicted octanol–water partition coefficient (Wildman–Crippen LogP) is 6.81. The van der Waals surface area contributed by atoms with E-state index in [2.05, 4.69) is 5.32 Å². The fraction of sp³-hybridized carbons (Fsp3) is 0.207. The summed E-state index contributed by atoms with van der Waals surface area (Å²) in [5, 5.41) is 3.42. The smallest absolute Gasteiger partial charge is 0.244 e. The molecule has 0 radical (unpaired) electrons. The number of halogens is 2. The van der Waals surface area contributed by atoms with Gasteiger partial charge in [0.15, 0.2) is 0 Å². The van der Waals surface area contributed by atoms with E-state index in [9.17, 15) is 13.6 Å². The van der Waals surface area contributed by atoms with E-state index >= 15 is 0 Å². The second kappa shape index (κ2) is 10.6. The molecule has 0 unspecified atom stereocenters. The van der Waals surface area contributed by atoms with Crippen molar-refractivity contribution in [1.82, 2.24) is 5.32 Å². The summed E-state index contributed by atoms with van der Waals surface area (Å²) in [6, 6.07) is 13.3. The number of fused-ring (bicyclic) bond motifs is 1. The lowest BCUT2D eigenvalue weighted by Crippen LogP contribution is -2.22. The van der Waals surface area contributed by atoms with Gasteiger partial charge in [0.25, 0.3) is 0 Å². The maximum Gasteiger partial charge on any atom is 0.244 e. The number of methoxy groups -OCH3 is 1. The lowest BCUT2D eigenvalue weighted by Gasteiger charge is -2.13. The Morgan fingerprint density at radius 3 is 2.44 bits per heavy atom. The molecule has 0 saturated carbocycles. The van der Waals surface area contributed by atoms with E-state index in [-0.39, 0.29) is 12.1 Å². The second-order valence-electron chi connectivity index (χ2n) is 8.31. The van der Waals surface area contributed by atoms with Gasteiger partial charge in [-0.1, -0.05) is 18.2 Å². The van der Waals surface area contributed by atoms with Crippen molar-refractivity contribution in [1.29, 1.82) is 0 Å². The molecule has 36 heavy (non-hydrogen) atoms. The van der Waals surface area contributed by atoms with Gasteiger partial charge in [0.05, 0.1) is 20.0 Å². The third kappa shape index (κ3) is 4.96. The number of carbonyl (C=O) groups excluding carboxylic acids is 1. The Hall–Kier alpha value is -4.13. The molecule has 4 aromatic rings. The molecule has 4 rings (SSSR count). The number of hydrogen-bond donors (Lipinski definition) is 1. The molecular formula is C29H27F2NO4. The summed E-state index contributed by atoms with van der Waals surface area (Å²) in [5.74, 6) is -0.528. The lowest BCUT2D eigenvalue weighted by atomic mass is 9.96. The van der Waals surface area contributed by atoms with Crippen LogP contribution >= 0.6 is 0 Å². The Balaban J connectivity index is 1.67. The van der Waals surface area contributed by atoms with Crippen molar-refractivity contribution in [3.05, 3.63) is 89.2 Å². The summed E-state index contributed by atoms with van der Waals surface area (Å²) in [6.45, 7) is 5.93. The summed E-state index contributed by atoms with van der Waals surface area (Å²) in [6.07, 6.45) is 3.09. The number of benzene rings is 3. The summed E-state index contributed by atoms with van der Waals surface area (Å²) >= 11 is 0. The molecule has 1 N–H and O–H groups in total. The fourth-order valence-corrected chi connectivity index (χ4v) is 4.19. The third-order valence-electron chi connectivity index (χ3n) is 6.00. The highest BCUT2D eigenvalue weighted by molar-refractivity contribution is 6.01. The molecule has 0 aliphatic rings. The zero-order valence-electron chi connectivity index (χ0n) is 20.6. The molecule has 1 aromatic heterocycles. The lowest BCUT2D eigenvalue weighted by molar-refractivity contribution is -0.116. The van der Waals surface area contributed by atoms with Crippen molar-refractivity contribution in [3.63, 3.8) is 0 Å². The highest BCUT2D eigenvalue weighted by atomic mass is 19.1. The van der Waals surface area contributed by atoms with E-state index in [0.29, 0.717) is 29.1 Å². The Morgan fingerprint density at radius 1 is 1.11 bits per heavy atom. The molecule has 3 aromatic carbocycles. The summed E-state index contributed by atoms with van der Waals surface area (Å²) in [7, 11) is 1.56. The van der Waals surface area contributed by atoms with E-state index in [4.69, 9.17) is 13.9 Å². The van der Waals surface area contributed by atoms with Crippen molar-refractivity contribution in [2.24, 2.45) is 0 Å². The van der Waals surface area contributed by atoms with Crippen molar-refractivity contribution < 1.29 is 27.5 Å². The topological polar surface area (TPSA) is 60.7 Å². The van der Waals surface area contributed by atoms with Crippen molar-refractivity contribution in [3.8, 4) is 22.6 Å². The van der Waals surface area contributed by atoms with Gasteiger partial charge in [-0.3, -0.25) is 4.79 Å². The van der Waals surface area contributed by atoms with Gasteiger partial charge < -0.3 is 19.2 Å². The summed E-state index contributed by atoms with van der Waals surface area (Å²) < 4.78 is 44.9. The van der Waals surface area contributed by atoms with Crippen LogP contribution in [0.1, 0.15) is 30.5 Å². The Bertz CT molecular complexity index is 1420. The van der Waals surface area contributed by atoms with Crippen LogP contribution in [0.4, 0.5) is 8.78 Å². The molecule has 0 aliphatic heterocycles. The zero-order chi connectivity index (χ0) is 25.8. The standard InChI is InChI=1S/C29H27F2NO4/c1-5-35-20-11-9-19(10-12-20)24-16-36-29-18(3)28(34-4)21(14-22(24)29)17(2)13-27(33)32-15-23-25(30)7-6-8-26(23)31/h6-14,16H,5,15H2,1-4H3,(H,32,33)/b17-13+. The van der Waals surface area contributed by atoms with Crippen molar-refractivity contribution in [2.75, 3.05) is 13.7 Å². The molecule has 0 aliphatic carbocycles. The Morgan fingerprint density at radius 2 is 1.81 bits per heavy atom. The first kappa shape index (κ1) is 25.0. The highest BCUT2D eigenvalue weighted by Gasteiger charge is 2.19. The van der Waals surface area contributed by atoms with Crippen molar-refractivity contribution >= 4 is 22.4 Å². The predicted molar refractivity (Wildman–Crippen MR) is 136 cm³/mol. The quantitative estimate of drug-likeness (QED) is 0.275. The molecular weight excluding hydrogens is 464 g/mol. The number of hydrogen-bond acceptors (Lipinski definition) is 4. The van der Waals surface area contributed by atoms with E-state index in [1.807, 2.05) is 44.2 Å². The van der Waals surface area contributed by atoms with Crippen LogP contribution in [-0.2, 0) is 11.3 Å². The van der Waals surface area contributed by atoms with E-state index in [1.54, 1.807) is 20.3 Å². The molecule has 0 bridgehead atoms. The average molecular weight is 492 g/mol. The molecule has 1 amide bonds. The molecule has 186 valence electrons. The van der Waals surface area contributed by atoms with E-state index in [1.165, 1.54) is 12.1 Å². The first-order valence-corrected chi connectivity index (χ1v) is 11.6. The van der Waals surface area contributed by atoms with Gasteiger partial charge >= 0.3 is 0 Å². The Labute approximate surface area is 208 Å². The number of furan rings is 1. The van der Waals surface area contributed by atoms with Crippen LogP contribution in [0, 0.1) is 18.6 Å². The first-order valence-electron chi connectivity index (χ1n) is 11.6. The van der Waals surface area contributed by atoms with Gasteiger partial charge in [0.1, 0.15) is 28.7 Å². The number of carbonyl (C=O) groups is 1. The highest BCUT2D eigenvalue weighted by Crippen LogP contribution is 2.40. The van der Waals surface area contributed by atoms with Gasteiger partial charge in [0, 0.05) is 40.3 Å². The van der Waals surface area contributed by atoms with Gasteiger partial charge in [-0.05, 0) is 62.2 Å². The monoisotopic (exact) mass is 491 g/mol. The van der Waals surface area contributed by atoms with E-state index < -0.39 is 17.5 Å². The minimum Gasteiger partial charge on any atom is -0.496 e. The molecule has 0 spiro atoms.